The van der Waals surface area contributed by atoms with Gasteiger partial charge in [-0.05, 0) is 41.8 Å². The van der Waals surface area contributed by atoms with E-state index < -0.39 is 0 Å². The summed E-state index contributed by atoms with van der Waals surface area (Å²) in [6, 6.07) is 14.1. The number of morpholine rings is 1. The van der Waals surface area contributed by atoms with Gasteiger partial charge in [0.25, 0.3) is 5.91 Å². The van der Waals surface area contributed by atoms with E-state index in [1.54, 1.807) is 12.1 Å². The first-order valence-corrected chi connectivity index (χ1v) is 8.62. The highest BCUT2D eigenvalue weighted by Crippen LogP contribution is 2.10. The molecule has 0 unspecified atom stereocenters. The minimum atomic E-state index is -0.245. The molecule has 1 N–H and O–H groups in total. The first-order valence-electron chi connectivity index (χ1n) is 8.62. The SMILES string of the molecule is O=C(NCCc1ccc(F)cc1)c1cccc(CN2CCOCC2)c1. The van der Waals surface area contributed by atoms with Gasteiger partial charge in [0.2, 0.25) is 0 Å². The zero-order valence-electron chi connectivity index (χ0n) is 14.2. The van der Waals surface area contributed by atoms with E-state index in [1.165, 1.54) is 12.1 Å². The summed E-state index contributed by atoms with van der Waals surface area (Å²) in [5.41, 5.74) is 2.81. The topological polar surface area (TPSA) is 41.6 Å². The number of hydrogen-bond donors (Lipinski definition) is 1. The lowest BCUT2D eigenvalue weighted by Crippen LogP contribution is -2.35. The quantitative estimate of drug-likeness (QED) is 0.877. The van der Waals surface area contributed by atoms with E-state index in [1.807, 2.05) is 24.3 Å². The van der Waals surface area contributed by atoms with Gasteiger partial charge < -0.3 is 10.1 Å². The maximum atomic E-state index is 12.9. The number of nitrogens with one attached hydrogen (secondary N) is 1. The van der Waals surface area contributed by atoms with Crippen molar-refractivity contribution in [2.24, 2.45) is 0 Å². The van der Waals surface area contributed by atoms with Crippen LogP contribution in [0.5, 0.6) is 0 Å². The van der Waals surface area contributed by atoms with Crippen LogP contribution in [0.25, 0.3) is 0 Å². The number of rotatable bonds is 6. The largest absolute Gasteiger partial charge is 0.379 e. The van der Waals surface area contributed by atoms with Crippen molar-refractivity contribution in [3.8, 4) is 0 Å². The highest BCUT2D eigenvalue weighted by Gasteiger charge is 2.12. The Labute approximate surface area is 147 Å². The Kier molecular flexibility index (Phi) is 6.14. The summed E-state index contributed by atoms with van der Waals surface area (Å²) in [5, 5.41) is 2.93. The molecular formula is C20H23FN2O2. The zero-order valence-corrected chi connectivity index (χ0v) is 14.2. The van der Waals surface area contributed by atoms with Gasteiger partial charge in [-0.1, -0.05) is 24.3 Å². The molecular weight excluding hydrogens is 319 g/mol. The Morgan fingerprint density at radius 3 is 2.60 bits per heavy atom. The number of ether oxygens (including phenoxy) is 1. The molecule has 0 atom stereocenters. The molecule has 0 spiro atoms. The van der Waals surface area contributed by atoms with Crippen LogP contribution >= 0.6 is 0 Å². The molecule has 4 nitrogen and oxygen atoms in total. The van der Waals surface area contributed by atoms with E-state index in [0.717, 1.165) is 44.0 Å². The molecule has 1 heterocycles. The lowest BCUT2D eigenvalue weighted by Gasteiger charge is -2.26. The fourth-order valence-corrected chi connectivity index (χ4v) is 2.90. The van der Waals surface area contributed by atoms with Crippen molar-refractivity contribution in [1.29, 1.82) is 0 Å². The van der Waals surface area contributed by atoms with Crippen molar-refractivity contribution in [3.05, 3.63) is 71.0 Å². The molecule has 132 valence electrons. The predicted molar refractivity (Wildman–Crippen MR) is 95.0 cm³/mol. The van der Waals surface area contributed by atoms with Crippen LogP contribution in [0.15, 0.2) is 48.5 Å². The highest BCUT2D eigenvalue weighted by molar-refractivity contribution is 5.94. The molecule has 0 radical (unpaired) electrons. The van der Waals surface area contributed by atoms with Crippen LogP contribution in [-0.4, -0.2) is 43.7 Å². The lowest BCUT2D eigenvalue weighted by molar-refractivity contribution is 0.0342. The number of carbonyl (C=O) groups is 1. The summed E-state index contributed by atoms with van der Waals surface area (Å²) in [6.07, 6.45) is 0.680. The van der Waals surface area contributed by atoms with E-state index in [-0.39, 0.29) is 11.7 Å². The smallest absolute Gasteiger partial charge is 0.251 e. The van der Waals surface area contributed by atoms with Gasteiger partial charge >= 0.3 is 0 Å². The summed E-state index contributed by atoms with van der Waals surface area (Å²) < 4.78 is 18.2. The first kappa shape index (κ1) is 17.6. The predicted octanol–water partition coefficient (Wildman–Crippen LogP) is 2.63. The number of hydrogen-bond acceptors (Lipinski definition) is 3. The molecule has 1 amide bonds. The van der Waals surface area contributed by atoms with Crippen molar-refractivity contribution in [2.75, 3.05) is 32.8 Å². The van der Waals surface area contributed by atoms with E-state index in [2.05, 4.69) is 10.2 Å². The second kappa shape index (κ2) is 8.74. The van der Waals surface area contributed by atoms with Crippen LogP contribution in [0.2, 0.25) is 0 Å². The molecule has 25 heavy (non-hydrogen) atoms. The molecule has 0 bridgehead atoms. The summed E-state index contributed by atoms with van der Waals surface area (Å²) in [5.74, 6) is -0.323. The Hall–Kier alpha value is -2.24. The summed E-state index contributed by atoms with van der Waals surface area (Å²) in [4.78, 5) is 14.7. The summed E-state index contributed by atoms with van der Waals surface area (Å²) in [7, 11) is 0. The van der Waals surface area contributed by atoms with E-state index >= 15 is 0 Å². The van der Waals surface area contributed by atoms with Gasteiger partial charge in [0.1, 0.15) is 5.82 Å². The fraction of sp³-hybridized carbons (Fsp3) is 0.350. The average molecular weight is 342 g/mol. The third kappa shape index (κ3) is 5.37. The van der Waals surface area contributed by atoms with Crippen molar-refractivity contribution >= 4 is 5.91 Å². The monoisotopic (exact) mass is 342 g/mol. The van der Waals surface area contributed by atoms with Crippen LogP contribution in [0.4, 0.5) is 4.39 Å². The van der Waals surface area contributed by atoms with Gasteiger partial charge in [-0.2, -0.15) is 0 Å². The van der Waals surface area contributed by atoms with Crippen molar-refractivity contribution in [3.63, 3.8) is 0 Å². The number of carbonyl (C=O) groups excluding carboxylic acids is 1. The van der Waals surface area contributed by atoms with Gasteiger partial charge in [0.15, 0.2) is 0 Å². The molecule has 3 rings (SSSR count). The van der Waals surface area contributed by atoms with Crippen LogP contribution in [-0.2, 0) is 17.7 Å². The Balaban J connectivity index is 1.51. The standard InChI is InChI=1S/C20H23FN2O2/c21-19-6-4-16(5-7-19)8-9-22-20(24)18-3-1-2-17(14-18)15-23-10-12-25-13-11-23/h1-7,14H,8-13,15H2,(H,22,24). The zero-order chi connectivity index (χ0) is 17.5. The Bertz CT molecular complexity index is 697. The lowest BCUT2D eigenvalue weighted by atomic mass is 10.1. The van der Waals surface area contributed by atoms with Gasteiger partial charge in [0.05, 0.1) is 13.2 Å². The molecule has 1 saturated heterocycles. The highest BCUT2D eigenvalue weighted by atomic mass is 19.1. The molecule has 1 fully saturated rings. The van der Waals surface area contributed by atoms with Crippen LogP contribution in [0, 0.1) is 5.82 Å². The van der Waals surface area contributed by atoms with Gasteiger partial charge in [-0.15, -0.1) is 0 Å². The van der Waals surface area contributed by atoms with Crippen LogP contribution < -0.4 is 5.32 Å². The van der Waals surface area contributed by atoms with E-state index in [0.29, 0.717) is 18.5 Å². The third-order valence-electron chi connectivity index (χ3n) is 4.31. The van der Waals surface area contributed by atoms with Crippen molar-refractivity contribution in [2.45, 2.75) is 13.0 Å². The molecule has 2 aromatic carbocycles. The van der Waals surface area contributed by atoms with Crippen LogP contribution in [0.1, 0.15) is 21.5 Å². The minimum absolute atomic E-state index is 0.0778. The summed E-state index contributed by atoms with van der Waals surface area (Å²) >= 11 is 0. The maximum Gasteiger partial charge on any atom is 0.251 e. The Morgan fingerprint density at radius 2 is 1.84 bits per heavy atom. The van der Waals surface area contributed by atoms with E-state index in [9.17, 15) is 9.18 Å². The number of benzene rings is 2. The average Bonchev–Trinajstić information content (AvgIpc) is 2.64. The molecule has 5 heteroatoms. The molecule has 1 aliphatic heterocycles. The second-order valence-corrected chi connectivity index (χ2v) is 6.22. The third-order valence-corrected chi connectivity index (χ3v) is 4.31. The minimum Gasteiger partial charge on any atom is -0.379 e. The molecule has 0 saturated carbocycles. The molecule has 2 aromatic rings. The normalized spacial score (nSPS) is 15.1. The van der Waals surface area contributed by atoms with E-state index in [4.69, 9.17) is 4.74 Å². The second-order valence-electron chi connectivity index (χ2n) is 6.22. The number of nitrogens with zero attached hydrogens (tertiary/aromatic N) is 1. The van der Waals surface area contributed by atoms with Crippen molar-refractivity contribution < 1.29 is 13.9 Å². The summed E-state index contributed by atoms with van der Waals surface area (Å²) in [6.45, 7) is 4.74. The first-order chi connectivity index (χ1) is 12.2. The molecule has 1 aliphatic rings. The van der Waals surface area contributed by atoms with Gasteiger partial charge in [-0.25, -0.2) is 4.39 Å². The van der Waals surface area contributed by atoms with Crippen LogP contribution in [0.3, 0.4) is 0 Å². The Morgan fingerprint density at radius 1 is 1.08 bits per heavy atom. The number of halogens is 1. The molecule has 0 aromatic heterocycles. The maximum absolute atomic E-state index is 12.9. The number of amides is 1. The van der Waals surface area contributed by atoms with Crippen molar-refractivity contribution in [1.82, 2.24) is 10.2 Å². The fourth-order valence-electron chi connectivity index (χ4n) is 2.90. The van der Waals surface area contributed by atoms with Gasteiger partial charge in [0, 0.05) is 31.7 Å². The van der Waals surface area contributed by atoms with Gasteiger partial charge in [-0.3, -0.25) is 9.69 Å². The molecule has 0 aliphatic carbocycles.